The van der Waals surface area contributed by atoms with Gasteiger partial charge < -0.3 is 10.1 Å². The van der Waals surface area contributed by atoms with Crippen LogP contribution in [0.15, 0.2) is 0 Å². The molecule has 1 saturated heterocycles. The Morgan fingerprint density at radius 1 is 1.20 bits per heavy atom. The molecule has 0 aliphatic carbocycles. The SMILES string of the molecule is CC(C)CNCCC(C)C1CCOCC1. The Labute approximate surface area is 94.8 Å². The van der Waals surface area contributed by atoms with Crippen molar-refractivity contribution in [2.45, 2.75) is 40.0 Å². The molecule has 0 aromatic carbocycles. The second-order valence-electron chi connectivity index (χ2n) is 5.31. The first-order chi connectivity index (χ1) is 7.20. The van der Waals surface area contributed by atoms with E-state index in [1.165, 1.54) is 25.8 Å². The van der Waals surface area contributed by atoms with Crippen LogP contribution in [0, 0.1) is 17.8 Å². The lowest BCUT2D eigenvalue weighted by Gasteiger charge is -2.27. The van der Waals surface area contributed by atoms with Crippen LogP contribution in [0.1, 0.15) is 40.0 Å². The Hall–Kier alpha value is -0.0800. The Bertz CT molecular complexity index is 153. The summed E-state index contributed by atoms with van der Waals surface area (Å²) in [6.07, 6.45) is 3.86. The third-order valence-electron chi connectivity index (χ3n) is 3.40. The summed E-state index contributed by atoms with van der Waals surface area (Å²) in [7, 11) is 0. The summed E-state index contributed by atoms with van der Waals surface area (Å²) in [5.74, 6) is 2.52. The van der Waals surface area contributed by atoms with Crippen LogP contribution >= 0.6 is 0 Å². The molecule has 1 rings (SSSR count). The maximum atomic E-state index is 5.39. The van der Waals surface area contributed by atoms with Crippen molar-refractivity contribution in [1.29, 1.82) is 0 Å². The molecule has 1 unspecified atom stereocenters. The summed E-state index contributed by atoms with van der Waals surface area (Å²) in [5, 5.41) is 3.52. The topological polar surface area (TPSA) is 21.3 Å². The van der Waals surface area contributed by atoms with E-state index in [4.69, 9.17) is 4.74 Å². The molecule has 0 bridgehead atoms. The fraction of sp³-hybridized carbons (Fsp3) is 1.00. The van der Waals surface area contributed by atoms with Crippen LogP contribution in [0.4, 0.5) is 0 Å². The summed E-state index contributed by atoms with van der Waals surface area (Å²) < 4.78 is 5.39. The monoisotopic (exact) mass is 213 g/mol. The average molecular weight is 213 g/mol. The van der Waals surface area contributed by atoms with Crippen LogP contribution in [0.25, 0.3) is 0 Å². The summed E-state index contributed by atoms with van der Waals surface area (Å²) in [4.78, 5) is 0. The smallest absolute Gasteiger partial charge is 0.0468 e. The van der Waals surface area contributed by atoms with E-state index < -0.39 is 0 Å². The van der Waals surface area contributed by atoms with Crippen LogP contribution < -0.4 is 5.32 Å². The van der Waals surface area contributed by atoms with Gasteiger partial charge in [-0.15, -0.1) is 0 Å². The summed E-state index contributed by atoms with van der Waals surface area (Å²) in [5.41, 5.74) is 0. The molecule has 0 aromatic heterocycles. The van der Waals surface area contributed by atoms with Gasteiger partial charge in [0.25, 0.3) is 0 Å². The molecule has 0 amide bonds. The zero-order valence-corrected chi connectivity index (χ0v) is 10.6. The number of hydrogen-bond donors (Lipinski definition) is 1. The molecular weight excluding hydrogens is 186 g/mol. The van der Waals surface area contributed by atoms with Gasteiger partial charge in [-0.2, -0.15) is 0 Å². The van der Waals surface area contributed by atoms with E-state index in [2.05, 4.69) is 26.1 Å². The highest BCUT2D eigenvalue weighted by Crippen LogP contribution is 2.25. The van der Waals surface area contributed by atoms with E-state index in [1.807, 2.05) is 0 Å². The van der Waals surface area contributed by atoms with E-state index in [1.54, 1.807) is 0 Å². The number of hydrogen-bond acceptors (Lipinski definition) is 2. The number of ether oxygens (including phenoxy) is 1. The van der Waals surface area contributed by atoms with Crippen molar-refractivity contribution >= 4 is 0 Å². The van der Waals surface area contributed by atoms with Crippen molar-refractivity contribution in [2.75, 3.05) is 26.3 Å². The minimum Gasteiger partial charge on any atom is -0.381 e. The first-order valence-electron chi connectivity index (χ1n) is 6.48. The summed E-state index contributed by atoms with van der Waals surface area (Å²) in [6.45, 7) is 11.2. The lowest BCUT2D eigenvalue weighted by Crippen LogP contribution is -2.26. The molecule has 2 nitrogen and oxygen atoms in total. The van der Waals surface area contributed by atoms with E-state index in [0.717, 1.165) is 37.5 Å². The number of rotatable bonds is 6. The van der Waals surface area contributed by atoms with Gasteiger partial charge in [-0.3, -0.25) is 0 Å². The Morgan fingerprint density at radius 3 is 2.47 bits per heavy atom. The highest BCUT2D eigenvalue weighted by molar-refractivity contribution is 4.70. The van der Waals surface area contributed by atoms with Crippen LogP contribution in [-0.2, 0) is 4.74 Å². The van der Waals surface area contributed by atoms with Crippen LogP contribution in [0.3, 0.4) is 0 Å². The number of nitrogens with one attached hydrogen (secondary N) is 1. The molecular formula is C13H27NO. The van der Waals surface area contributed by atoms with Gasteiger partial charge >= 0.3 is 0 Å². The van der Waals surface area contributed by atoms with Gasteiger partial charge in [-0.05, 0) is 50.1 Å². The van der Waals surface area contributed by atoms with E-state index in [0.29, 0.717) is 0 Å². The summed E-state index contributed by atoms with van der Waals surface area (Å²) in [6, 6.07) is 0. The van der Waals surface area contributed by atoms with Gasteiger partial charge in [0.15, 0.2) is 0 Å². The molecule has 15 heavy (non-hydrogen) atoms. The lowest BCUT2D eigenvalue weighted by atomic mass is 9.85. The fourth-order valence-corrected chi connectivity index (χ4v) is 2.24. The second kappa shape index (κ2) is 7.24. The Kier molecular flexibility index (Phi) is 6.26. The fourth-order valence-electron chi connectivity index (χ4n) is 2.24. The molecule has 0 spiro atoms. The van der Waals surface area contributed by atoms with Crippen molar-refractivity contribution in [3.63, 3.8) is 0 Å². The molecule has 1 aliphatic rings. The minimum absolute atomic E-state index is 0.767. The van der Waals surface area contributed by atoms with Gasteiger partial charge in [0, 0.05) is 13.2 Å². The molecule has 1 heterocycles. The van der Waals surface area contributed by atoms with Gasteiger partial charge in [-0.1, -0.05) is 20.8 Å². The second-order valence-corrected chi connectivity index (χ2v) is 5.31. The lowest BCUT2D eigenvalue weighted by molar-refractivity contribution is 0.0481. The standard InChI is InChI=1S/C13H27NO/c1-11(2)10-14-7-4-12(3)13-5-8-15-9-6-13/h11-14H,4-10H2,1-3H3. The normalized spacial score (nSPS) is 20.8. The van der Waals surface area contributed by atoms with Gasteiger partial charge in [0.1, 0.15) is 0 Å². The predicted molar refractivity (Wildman–Crippen MR) is 65.0 cm³/mol. The molecule has 1 fully saturated rings. The quantitative estimate of drug-likeness (QED) is 0.685. The maximum Gasteiger partial charge on any atom is 0.0468 e. The molecule has 1 aliphatic heterocycles. The molecule has 0 saturated carbocycles. The van der Waals surface area contributed by atoms with Crippen molar-refractivity contribution < 1.29 is 4.74 Å². The molecule has 0 radical (unpaired) electrons. The van der Waals surface area contributed by atoms with E-state index in [-0.39, 0.29) is 0 Å². The zero-order chi connectivity index (χ0) is 11.1. The molecule has 2 heteroatoms. The maximum absolute atomic E-state index is 5.39. The first-order valence-corrected chi connectivity index (χ1v) is 6.48. The summed E-state index contributed by atoms with van der Waals surface area (Å²) >= 11 is 0. The van der Waals surface area contributed by atoms with Gasteiger partial charge in [0.05, 0.1) is 0 Å². The molecule has 0 aromatic rings. The average Bonchev–Trinajstić information content (AvgIpc) is 2.25. The van der Waals surface area contributed by atoms with E-state index in [9.17, 15) is 0 Å². The molecule has 1 atom stereocenters. The Morgan fingerprint density at radius 2 is 1.87 bits per heavy atom. The zero-order valence-electron chi connectivity index (χ0n) is 10.6. The van der Waals surface area contributed by atoms with Crippen LogP contribution in [-0.4, -0.2) is 26.3 Å². The third-order valence-corrected chi connectivity index (χ3v) is 3.40. The van der Waals surface area contributed by atoms with Crippen LogP contribution in [0.5, 0.6) is 0 Å². The van der Waals surface area contributed by atoms with Crippen molar-refractivity contribution in [1.82, 2.24) is 5.32 Å². The molecule has 90 valence electrons. The van der Waals surface area contributed by atoms with Crippen LogP contribution in [0.2, 0.25) is 0 Å². The largest absolute Gasteiger partial charge is 0.381 e. The van der Waals surface area contributed by atoms with E-state index >= 15 is 0 Å². The highest BCUT2D eigenvalue weighted by Gasteiger charge is 2.19. The third kappa shape index (κ3) is 5.53. The minimum atomic E-state index is 0.767. The van der Waals surface area contributed by atoms with Crippen molar-refractivity contribution in [3.8, 4) is 0 Å². The Balaban J connectivity index is 2.04. The van der Waals surface area contributed by atoms with Crippen molar-refractivity contribution in [2.24, 2.45) is 17.8 Å². The first kappa shape index (κ1) is 13.0. The predicted octanol–water partition coefficient (Wildman–Crippen LogP) is 2.68. The van der Waals surface area contributed by atoms with Gasteiger partial charge in [0.2, 0.25) is 0 Å². The molecule has 1 N–H and O–H groups in total. The van der Waals surface area contributed by atoms with Crippen molar-refractivity contribution in [3.05, 3.63) is 0 Å². The van der Waals surface area contributed by atoms with Gasteiger partial charge in [-0.25, -0.2) is 0 Å². The highest BCUT2D eigenvalue weighted by atomic mass is 16.5.